The highest BCUT2D eigenvalue weighted by Crippen LogP contribution is 2.39. The number of carbonyl (C=O) groups is 3. The zero-order chi connectivity index (χ0) is 32.2. The number of benzene rings is 1. The number of aromatic nitrogens is 4. The number of hydrogen-bond donors (Lipinski definition) is 2. The second kappa shape index (κ2) is 13.6. The van der Waals surface area contributed by atoms with Crippen molar-refractivity contribution < 1.29 is 19.1 Å². The Hall–Kier alpha value is -4.58. The molecule has 5 rings (SSSR count). The molecule has 2 fully saturated rings. The lowest BCUT2D eigenvalue weighted by molar-refractivity contribution is -0.130. The topological polar surface area (TPSA) is 135 Å². The van der Waals surface area contributed by atoms with Crippen LogP contribution in [0, 0.1) is 13.8 Å². The van der Waals surface area contributed by atoms with Crippen LogP contribution >= 0.6 is 0 Å². The van der Waals surface area contributed by atoms with Crippen molar-refractivity contribution in [2.24, 2.45) is 7.05 Å². The summed E-state index contributed by atoms with van der Waals surface area (Å²) in [5, 5.41) is 10.0. The number of carbonyl (C=O) groups excluding carboxylic acids is 3. The van der Waals surface area contributed by atoms with Gasteiger partial charge in [-0.2, -0.15) is 5.10 Å². The molecule has 0 spiro atoms. The van der Waals surface area contributed by atoms with Crippen LogP contribution in [0.5, 0.6) is 5.75 Å². The first kappa shape index (κ1) is 31.8. The van der Waals surface area contributed by atoms with Gasteiger partial charge >= 0.3 is 0 Å². The Bertz CT molecular complexity index is 1580. The molecule has 1 aromatic carbocycles. The lowest BCUT2D eigenvalue weighted by atomic mass is 10.0. The highest BCUT2D eigenvalue weighted by atomic mass is 16.5. The summed E-state index contributed by atoms with van der Waals surface area (Å²) >= 11 is 0. The van der Waals surface area contributed by atoms with Gasteiger partial charge in [0.2, 0.25) is 5.91 Å². The first-order valence-electron chi connectivity index (χ1n) is 15.5. The second-order valence-electron chi connectivity index (χ2n) is 11.9. The Morgan fingerprint density at radius 3 is 2.42 bits per heavy atom. The Balaban J connectivity index is 1.45. The summed E-state index contributed by atoms with van der Waals surface area (Å²) in [6, 6.07) is 3.27. The van der Waals surface area contributed by atoms with E-state index in [1.54, 1.807) is 23.9 Å². The molecule has 12 heteroatoms. The molecule has 1 aliphatic heterocycles. The van der Waals surface area contributed by atoms with E-state index in [4.69, 9.17) is 14.7 Å². The smallest absolute Gasteiger partial charge is 0.257 e. The summed E-state index contributed by atoms with van der Waals surface area (Å²) in [5.41, 5.74) is 3.15. The normalized spacial score (nSPS) is 17.4. The van der Waals surface area contributed by atoms with Crippen LogP contribution in [0.2, 0.25) is 0 Å². The number of piperazine rings is 1. The summed E-state index contributed by atoms with van der Waals surface area (Å²) in [6.07, 6.45) is 8.56. The summed E-state index contributed by atoms with van der Waals surface area (Å²) in [7, 11) is 1.79. The highest BCUT2D eigenvalue weighted by molar-refractivity contribution is 6.07. The minimum absolute atomic E-state index is 0.0169. The number of hydrogen-bond acceptors (Lipinski definition) is 8. The van der Waals surface area contributed by atoms with E-state index >= 15 is 0 Å². The molecule has 2 N–H and O–H groups in total. The van der Waals surface area contributed by atoms with E-state index in [2.05, 4.69) is 27.2 Å². The van der Waals surface area contributed by atoms with Gasteiger partial charge in [0.05, 0.1) is 5.56 Å². The SMILES string of the molecule is C=CC(=O)N1CCN(C[C@@H](Oc2cc(C)c(C(=O)Nc3nn(C)cc3C)cc2C(=O)NCC)c2ncc(C3CC3)cn2)C[C@H]1C. The third-order valence-corrected chi connectivity index (χ3v) is 8.29. The number of rotatable bonds is 11. The molecule has 2 atom stereocenters. The first-order valence-corrected chi connectivity index (χ1v) is 15.5. The Morgan fingerprint density at radius 1 is 1.09 bits per heavy atom. The van der Waals surface area contributed by atoms with Crippen molar-refractivity contribution in [1.29, 1.82) is 0 Å². The van der Waals surface area contributed by atoms with Gasteiger partial charge in [-0.1, -0.05) is 6.58 Å². The molecule has 0 unspecified atom stereocenters. The zero-order valence-corrected chi connectivity index (χ0v) is 26.7. The maximum atomic E-state index is 13.4. The van der Waals surface area contributed by atoms with E-state index in [9.17, 15) is 14.4 Å². The van der Waals surface area contributed by atoms with Crippen molar-refractivity contribution in [3.05, 3.63) is 77.0 Å². The van der Waals surface area contributed by atoms with Crippen LogP contribution < -0.4 is 15.4 Å². The van der Waals surface area contributed by atoms with Crippen molar-refractivity contribution in [3.8, 4) is 5.75 Å². The second-order valence-corrected chi connectivity index (χ2v) is 11.9. The zero-order valence-electron chi connectivity index (χ0n) is 26.7. The molecule has 1 saturated carbocycles. The Labute approximate surface area is 263 Å². The van der Waals surface area contributed by atoms with Gasteiger partial charge in [0.25, 0.3) is 11.8 Å². The van der Waals surface area contributed by atoms with Gasteiger partial charge in [0, 0.05) is 75.5 Å². The van der Waals surface area contributed by atoms with E-state index < -0.39 is 6.10 Å². The predicted octanol–water partition coefficient (Wildman–Crippen LogP) is 3.55. The number of aryl methyl sites for hydroxylation is 3. The van der Waals surface area contributed by atoms with Crippen molar-refractivity contribution in [2.75, 3.05) is 38.0 Å². The molecular weight excluding hydrogens is 572 g/mol. The fourth-order valence-corrected chi connectivity index (χ4v) is 5.71. The van der Waals surface area contributed by atoms with Crippen LogP contribution in [0.15, 0.2) is 43.4 Å². The molecule has 45 heavy (non-hydrogen) atoms. The van der Waals surface area contributed by atoms with Crippen molar-refractivity contribution in [3.63, 3.8) is 0 Å². The molecule has 0 bridgehead atoms. The highest BCUT2D eigenvalue weighted by Gasteiger charge is 2.31. The molecule has 238 valence electrons. The molecule has 12 nitrogen and oxygen atoms in total. The van der Waals surface area contributed by atoms with Gasteiger partial charge in [0.1, 0.15) is 5.75 Å². The third-order valence-electron chi connectivity index (χ3n) is 8.29. The third kappa shape index (κ3) is 7.39. The number of nitrogens with one attached hydrogen (secondary N) is 2. The molecule has 1 aliphatic carbocycles. The van der Waals surface area contributed by atoms with Crippen LogP contribution in [-0.4, -0.2) is 86.0 Å². The van der Waals surface area contributed by atoms with Gasteiger partial charge in [-0.05, 0) is 75.8 Å². The maximum absolute atomic E-state index is 13.4. The molecule has 3 amide bonds. The molecule has 3 heterocycles. The largest absolute Gasteiger partial charge is 0.480 e. The minimum atomic E-state index is -0.615. The number of anilines is 1. The fourth-order valence-electron chi connectivity index (χ4n) is 5.71. The van der Waals surface area contributed by atoms with E-state index in [1.165, 1.54) is 6.08 Å². The number of nitrogens with zero attached hydrogens (tertiary/aromatic N) is 6. The first-order chi connectivity index (χ1) is 21.6. The maximum Gasteiger partial charge on any atom is 0.257 e. The monoisotopic (exact) mass is 614 g/mol. The summed E-state index contributed by atoms with van der Waals surface area (Å²) in [5.74, 6) is 0.986. The summed E-state index contributed by atoms with van der Waals surface area (Å²) in [4.78, 5) is 52.5. The standard InChI is InChI=1S/C33H42N8O4/c1-7-29(42)41-12-11-40(18-22(41)5)19-28(31-35-15-24(16-36-31)23-9-10-23)45-27-13-20(3)25(14-26(27)32(43)34-8-2)33(44)37-30-21(4)17-39(6)38-30/h7,13-17,22-23,28H,1,8-12,18-19H2,2-6H3,(H,34,43)(H,37,38,44)/t22-,28-/m1/s1. The summed E-state index contributed by atoms with van der Waals surface area (Å²) in [6.45, 7) is 13.8. The van der Waals surface area contributed by atoms with Crippen molar-refractivity contribution in [2.45, 2.75) is 58.6 Å². The van der Waals surface area contributed by atoms with E-state index in [1.807, 2.05) is 51.2 Å². The fraction of sp³-hybridized carbons (Fsp3) is 0.455. The molecule has 1 saturated heterocycles. The van der Waals surface area contributed by atoms with E-state index in [0.717, 1.165) is 24.0 Å². The molecule has 3 aromatic rings. The molecule has 0 radical (unpaired) electrons. The van der Waals surface area contributed by atoms with Crippen LogP contribution in [0.4, 0.5) is 5.82 Å². The lowest BCUT2D eigenvalue weighted by Crippen LogP contribution is -2.54. The molecule has 2 aliphatic rings. The van der Waals surface area contributed by atoms with Crippen LogP contribution in [0.3, 0.4) is 0 Å². The number of ether oxygens (including phenoxy) is 1. The van der Waals surface area contributed by atoms with Gasteiger partial charge in [-0.15, -0.1) is 0 Å². The van der Waals surface area contributed by atoms with Crippen molar-refractivity contribution in [1.82, 2.24) is 34.9 Å². The lowest BCUT2D eigenvalue weighted by Gasteiger charge is -2.40. The minimum Gasteiger partial charge on any atom is -0.480 e. The predicted molar refractivity (Wildman–Crippen MR) is 170 cm³/mol. The molecular formula is C33H42N8O4. The van der Waals surface area contributed by atoms with Gasteiger partial charge < -0.3 is 20.3 Å². The Morgan fingerprint density at radius 2 is 1.82 bits per heavy atom. The number of amides is 3. The van der Waals surface area contributed by atoms with Crippen molar-refractivity contribution >= 4 is 23.5 Å². The molecule has 2 aromatic heterocycles. The Kier molecular flexibility index (Phi) is 9.62. The van der Waals surface area contributed by atoms with Crippen LogP contribution in [-0.2, 0) is 11.8 Å². The van der Waals surface area contributed by atoms with Crippen LogP contribution in [0.25, 0.3) is 0 Å². The van der Waals surface area contributed by atoms with E-state index in [-0.39, 0.29) is 29.3 Å². The average molecular weight is 615 g/mol. The van der Waals surface area contributed by atoms with Gasteiger partial charge in [0.15, 0.2) is 17.7 Å². The van der Waals surface area contributed by atoms with E-state index in [0.29, 0.717) is 67.2 Å². The van der Waals surface area contributed by atoms with Gasteiger partial charge in [-0.3, -0.25) is 24.0 Å². The quantitative estimate of drug-likeness (QED) is 0.313. The average Bonchev–Trinajstić information content (AvgIpc) is 3.81. The van der Waals surface area contributed by atoms with Crippen LogP contribution in [0.1, 0.15) is 81.9 Å². The summed E-state index contributed by atoms with van der Waals surface area (Å²) < 4.78 is 8.26. The van der Waals surface area contributed by atoms with Gasteiger partial charge in [-0.25, -0.2) is 9.97 Å².